The van der Waals surface area contributed by atoms with Gasteiger partial charge in [-0.1, -0.05) is 61.3 Å². The van der Waals surface area contributed by atoms with Crippen LogP contribution in [0.1, 0.15) is 43.6 Å². The van der Waals surface area contributed by atoms with E-state index in [1.807, 2.05) is 43.4 Å². The van der Waals surface area contributed by atoms with E-state index < -0.39 is 10.0 Å². The molecular weight excluding hydrogens is 480 g/mol. The number of hydrogen-bond donors (Lipinski definition) is 1. The summed E-state index contributed by atoms with van der Waals surface area (Å²) in [5.41, 5.74) is 1.73. The Labute approximate surface area is 211 Å². The van der Waals surface area contributed by atoms with Gasteiger partial charge in [-0.05, 0) is 49.2 Å². The number of piperazine rings is 1. The Balaban J connectivity index is 1.36. The lowest BCUT2D eigenvalue weighted by molar-refractivity contribution is -0.118. The highest BCUT2D eigenvalue weighted by Gasteiger charge is 2.30. The van der Waals surface area contributed by atoms with Gasteiger partial charge in [0.05, 0.1) is 21.0 Å². The third kappa shape index (κ3) is 5.43. The first-order valence-corrected chi connectivity index (χ1v) is 14.6. The molecule has 35 heavy (non-hydrogen) atoms. The van der Waals surface area contributed by atoms with Gasteiger partial charge in [-0.25, -0.2) is 13.4 Å². The lowest BCUT2D eigenvalue weighted by Gasteiger charge is -2.31. The van der Waals surface area contributed by atoms with Crippen LogP contribution in [-0.2, 0) is 14.8 Å². The Morgan fingerprint density at radius 1 is 1.06 bits per heavy atom. The molecule has 2 fully saturated rings. The van der Waals surface area contributed by atoms with Crippen molar-refractivity contribution in [2.45, 2.75) is 42.9 Å². The molecule has 186 valence electrons. The summed E-state index contributed by atoms with van der Waals surface area (Å²) in [6.07, 6.45) is 5.46. The van der Waals surface area contributed by atoms with E-state index in [2.05, 4.69) is 15.2 Å². The molecule has 1 N–H and O–H groups in total. The zero-order chi connectivity index (χ0) is 24.4. The van der Waals surface area contributed by atoms with Crippen LogP contribution in [0, 0.1) is 5.92 Å². The second-order valence-corrected chi connectivity index (χ2v) is 12.7. The fraction of sp³-hybridized carbons (Fsp3) is 0.462. The van der Waals surface area contributed by atoms with Crippen molar-refractivity contribution in [2.75, 3.05) is 38.5 Å². The number of nitrogens with one attached hydrogen (secondary N) is 1. The van der Waals surface area contributed by atoms with Gasteiger partial charge in [0.25, 0.3) is 0 Å². The first kappa shape index (κ1) is 24.4. The van der Waals surface area contributed by atoms with Crippen LogP contribution in [0.5, 0.6) is 0 Å². The Morgan fingerprint density at radius 3 is 2.43 bits per heavy atom. The third-order valence-corrected chi connectivity index (χ3v) is 10.1. The molecule has 1 aromatic heterocycles. The molecule has 1 amide bonds. The number of fused-ring (bicyclic) bond motifs is 1. The third-order valence-electron chi connectivity index (χ3n) is 7.27. The lowest BCUT2D eigenvalue weighted by atomic mass is 9.87. The van der Waals surface area contributed by atoms with E-state index in [1.165, 1.54) is 24.2 Å². The summed E-state index contributed by atoms with van der Waals surface area (Å²) in [5, 5.41) is 3.64. The van der Waals surface area contributed by atoms with Gasteiger partial charge in [0.1, 0.15) is 0 Å². The SMILES string of the molecule is CN1CCN(S(=O)(=O)c2ccc(C(CC3CCCC3)C(=O)Nc3nc4ccccc4s3)cc2)CC1. The molecule has 3 aromatic rings. The second-order valence-electron chi connectivity index (χ2n) is 9.69. The molecule has 0 radical (unpaired) electrons. The van der Waals surface area contributed by atoms with Crippen molar-refractivity contribution < 1.29 is 13.2 Å². The van der Waals surface area contributed by atoms with Crippen molar-refractivity contribution in [2.24, 2.45) is 5.92 Å². The first-order chi connectivity index (χ1) is 16.9. The first-order valence-electron chi connectivity index (χ1n) is 12.4. The molecule has 1 saturated carbocycles. The van der Waals surface area contributed by atoms with Crippen LogP contribution in [0.15, 0.2) is 53.4 Å². The summed E-state index contributed by atoms with van der Waals surface area (Å²) in [6, 6.07) is 14.8. The van der Waals surface area contributed by atoms with E-state index in [1.54, 1.807) is 16.4 Å². The van der Waals surface area contributed by atoms with Gasteiger partial charge in [-0.15, -0.1) is 0 Å². The Hall–Kier alpha value is -2.33. The van der Waals surface area contributed by atoms with Crippen LogP contribution in [0.4, 0.5) is 5.13 Å². The summed E-state index contributed by atoms with van der Waals surface area (Å²) < 4.78 is 28.9. The van der Waals surface area contributed by atoms with Crippen LogP contribution in [0.2, 0.25) is 0 Å². The van der Waals surface area contributed by atoms with Crippen LogP contribution in [0.25, 0.3) is 10.2 Å². The van der Waals surface area contributed by atoms with Gasteiger partial charge in [0.15, 0.2) is 5.13 Å². The van der Waals surface area contributed by atoms with Crippen LogP contribution in [-0.4, -0.2) is 61.7 Å². The molecule has 1 aliphatic heterocycles. The molecule has 0 bridgehead atoms. The van der Waals surface area contributed by atoms with E-state index in [9.17, 15) is 13.2 Å². The lowest BCUT2D eigenvalue weighted by Crippen LogP contribution is -2.47. The maximum absolute atomic E-state index is 13.5. The molecule has 7 nitrogen and oxygen atoms in total. The Kier molecular flexibility index (Phi) is 7.20. The molecule has 9 heteroatoms. The Bertz CT molecular complexity index is 1240. The summed E-state index contributed by atoms with van der Waals surface area (Å²) in [5.74, 6) is 0.0889. The fourth-order valence-electron chi connectivity index (χ4n) is 5.14. The number of rotatable bonds is 7. The van der Waals surface area contributed by atoms with Crippen molar-refractivity contribution in [1.29, 1.82) is 0 Å². The van der Waals surface area contributed by atoms with Gasteiger partial charge in [-0.3, -0.25) is 4.79 Å². The van der Waals surface area contributed by atoms with Gasteiger partial charge in [-0.2, -0.15) is 4.31 Å². The van der Waals surface area contributed by atoms with Crippen LogP contribution < -0.4 is 5.32 Å². The number of amides is 1. The highest BCUT2D eigenvalue weighted by Crippen LogP contribution is 2.36. The average Bonchev–Trinajstić information content (AvgIpc) is 3.52. The predicted molar refractivity (Wildman–Crippen MR) is 140 cm³/mol. The highest BCUT2D eigenvalue weighted by atomic mass is 32.2. The van der Waals surface area contributed by atoms with Gasteiger partial charge >= 0.3 is 0 Å². The van der Waals surface area contributed by atoms with E-state index >= 15 is 0 Å². The van der Waals surface area contributed by atoms with Crippen molar-refractivity contribution in [3.63, 3.8) is 0 Å². The van der Waals surface area contributed by atoms with Crippen LogP contribution >= 0.6 is 11.3 Å². The number of benzene rings is 2. The molecule has 2 heterocycles. The normalized spacial score (nSPS) is 19.2. The summed E-state index contributed by atoms with van der Waals surface area (Å²) in [7, 11) is -1.53. The number of para-hydroxylation sites is 1. The van der Waals surface area contributed by atoms with Crippen LogP contribution in [0.3, 0.4) is 0 Å². The molecule has 1 unspecified atom stereocenters. The maximum atomic E-state index is 13.5. The fourth-order valence-corrected chi connectivity index (χ4v) is 7.43. The van der Waals surface area contributed by atoms with Gasteiger partial charge in [0.2, 0.25) is 15.9 Å². The number of anilines is 1. The van der Waals surface area contributed by atoms with E-state index in [4.69, 9.17) is 0 Å². The van der Waals surface area contributed by atoms with Crippen molar-refractivity contribution >= 4 is 42.6 Å². The summed E-state index contributed by atoms with van der Waals surface area (Å²) >= 11 is 1.47. The predicted octanol–water partition coefficient (Wildman–Crippen LogP) is 4.54. The molecule has 5 rings (SSSR count). The van der Waals surface area contributed by atoms with Crippen molar-refractivity contribution in [3.8, 4) is 0 Å². The van der Waals surface area contributed by atoms with Gasteiger partial charge in [0, 0.05) is 26.2 Å². The van der Waals surface area contributed by atoms with E-state index in [0.29, 0.717) is 24.1 Å². The minimum absolute atomic E-state index is 0.0781. The van der Waals surface area contributed by atoms with Crippen molar-refractivity contribution in [3.05, 3.63) is 54.1 Å². The number of aromatic nitrogens is 1. The second kappa shape index (κ2) is 10.3. The number of thiazole rings is 1. The monoisotopic (exact) mass is 512 g/mol. The topological polar surface area (TPSA) is 82.6 Å². The number of likely N-dealkylation sites (N-methyl/N-ethyl adjacent to an activating group) is 1. The minimum atomic E-state index is -3.54. The molecule has 0 spiro atoms. The summed E-state index contributed by atoms with van der Waals surface area (Å²) in [6.45, 7) is 2.45. The average molecular weight is 513 g/mol. The molecule has 1 saturated heterocycles. The number of nitrogens with zero attached hydrogens (tertiary/aromatic N) is 3. The standard InChI is InChI=1S/C26H32N4O3S2/c1-29-14-16-30(17-15-29)35(32,33)21-12-10-20(11-13-21)22(18-19-6-2-3-7-19)25(31)28-26-27-23-8-4-5-9-24(23)34-26/h4-5,8-13,19,22H,2-3,6-7,14-18H2,1H3,(H,27,28,31). The van der Waals surface area contributed by atoms with Crippen molar-refractivity contribution in [1.82, 2.24) is 14.2 Å². The van der Waals surface area contributed by atoms with E-state index in [-0.39, 0.29) is 16.7 Å². The summed E-state index contributed by atoms with van der Waals surface area (Å²) in [4.78, 5) is 20.4. The number of carbonyl (C=O) groups is 1. The van der Waals surface area contributed by atoms with E-state index in [0.717, 1.165) is 48.1 Å². The quantitative estimate of drug-likeness (QED) is 0.503. The Morgan fingerprint density at radius 2 is 1.74 bits per heavy atom. The molecule has 1 atom stereocenters. The van der Waals surface area contributed by atoms with Gasteiger partial charge < -0.3 is 10.2 Å². The number of sulfonamides is 1. The molecule has 2 aromatic carbocycles. The largest absolute Gasteiger partial charge is 0.304 e. The highest BCUT2D eigenvalue weighted by molar-refractivity contribution is 7.89. The maximum Gasteiger partial charge on any atom is 0.243 e. The number of hydrogen-bond acceptors (Lipinski definition) is 6. The molecule has 1 aliphatic carbocycles. The minimum Gasteiger partial charge on any atom is -0.304 e. The molecule has 2 aliphatic rings. The molecular formula is C26H32N4O3S2. The number of carbonyl (C=O) groups excluding carboxylic acids is 1. The smallest absolute Gasteiger partial charge is 0.243 e. The zero-order valence-electron chi connectivity index (χ0n) is 20.0. The zero-order valence-corrected chi connectivity index (χ0v) is 21.7.